The van der Waals surface area contributed by atoms with Crippen LogP contribution in [0, 0.1) is 22.7 Å². The van der Waals surface area contributed by atoms with Gasteiger partial charge < -0.3 is 4.74 Å². The highest BCUT2D eigenvalue weighted by Gasteiger charge is 2.23. The third kappa shape index (κ3) is 9.64. The molecule has 0 saturated heterocycles. The van der Waals surface area contributed by atoms with E-state index in [0.717, 1.165) is 25.0 Å². The second-order valence-corrected chi connectivity index (χ2v) is 8.02. The molecule has 104 valence electrons. The molecular weight excluding hydrogens is 208 g/mol. The molecule has 17 heavy (non-hydrogen) atoms. The Bertz CT molecular complexity index is 180. The van der Waals surface area contributed by atoms with E-state index in [4.69, 9.17) is 4.74 Å². The minimum absolute atomic E-state index is 0.308. The normalized spacial score (nSPS) is 13.8. The third-order valence-electron chi connectivity index (χ3n) is 2.91. The first-order valence-corrected chi connectivity index (χ1v) is 7.12. The van der Waals surface area contributed by atoms with Crippen molar-refractivity contribution in [3.8, 4) is 0 Å². The molecule has 0 aliphatic carbocycles. The van der Waals surface area contributed by atoms with Crippen molar-refractivity contribution in [3.05, 3.63) is 0 Å². The molecule has 0 amide bonds. The minimum Gasteiger partial charge on any atom is -0.380 e. The summed E-state index contributed by atoms with van der Waals surface area (Å²) in [5.74, 6) is 1.49. The molecular formula is C16H34O. The predicted octanol–water partition coefficient (Wildman–Crippen LogP) is 5.15. The molecule has 1 nitrogen and oxygen atoms in total. The van der Waals surface area contributed by atoms with E-state index in [-0.39, 0.29) is 0 Å². The quantitative estimate of drug-likeness (QED) is 0.572. The molecule has 0 radical (unpaired) electrons. The van der Waals surface area contributed by atoms with Crippen LogP contribution in [-0.4, -0.2) is 13.2 Å². The summed E-state index contributed by atoms with van der Waals surface area (Å²) in [6, 6.07) is 0. The van der Waals surface area contributed by atoms with E-state index in [1.807, 2.05) is 0 Å². The number of hydrogen-bond donors (Lipinski definition) is 0. The summed E-state index contributed by atoms with van der Waals surface area (Å²) in [4.78, 5) is 0. The van der Waals surface area contributed by atoms with Gasteiger partial charge in [-0.3, -0.25) is 0 Å². The van der Waals surface area contributed by atoms with Crippen LogP contribution >= 0.6 is 0 Å². The highest BCUT2D eigenvalue weighted by Crippen LogP contribution is 2.29. The molecule has 0 fully saturated rings. The molecule has 0 rings (SSSR count). The SMILES string of the molecule is CC(C)CC(C)(C)COCC(C)(C)CC(C)C. The maximum absolute atomic E-state index is 5.96. The van der Waals surface area contributed by atoms with E-state index in [1.165, 1.54) is 12.8 Å². The van der Waals surface area contributed by atoms with Gasteiger partial charge in [-0.2, -0.15) is 0 Å². The molecule has 0 aliphatic heterocycles. The molecule has 0 N–H and O–H groups in total. The van der Waals surface area contributed by atoms with Gasteiger partial charge in [0, 0.05) is 0 Å². The van der Waals surface area contributed by atoms with Crippen LogP contribution in [-0.2, 0) is 4.74 Å². The zero-order valence-electron chi connectivity index (χ0n) is 13.4. The maximum Gasteiger partial charge on any atom is 0.0517 e. The highest BCUT2D eigenvalue weighted by molar-refractivity contribution is 4.73. The lowest BCUT2D eigenvalue weighted by molar-refractivity contribution is 0.00218. The van der Waals surface area contributed by atoms with Gasteiger partial charge in [-0.15, -0.1) is 0 Å². The molecule has 0 atom stereocenters. The first-order chi connectivity index (χ1) is 7.54. The maximum atomic E-state index is 5.96. The Hall–Kier alpha value is -0.0400. The van der Waals surface area contributed by atoms with E-state index in [2.05, 4.69) is 55.4 Å². The van der Waals surface area contributed by atoms with E-state index in [9.17, 15) is 0 Å². The fourth-order valence-electron chi connectivity index (χ4n) is 2.93. The standard InChI is InChI=1S/C16H34O/c1-13(2)9-15(5,6)11-17-12-16(7,8)10-14(3)4/h13-14H,9-12H2,1-8H3. The average Bonchev–Trinajstić information content (AvgIpc) is 1.96. The van der Waals surface area contributed by atoms with Crippen molar-refractivity contribution in [1.29, 1.82) is 0 Å². The van der Waals surface area contributed by atoms with Crippen LogP contribution in [0.3, 0.4) is 0 Å². The molecule has 1 heteroatoms. The van der Waals surface area contributed by atoms with Crippen LogP contribution in [0.25, 0.3) is 0 Å². The Kier molecular flexibility index (Phi) is 6.76. The number of hydrogen-bond acceptors (Lipinski definition) is 1. The summed E-state index contributed by atoms with van der Waals surface area (Å²) in [7, 11) is 0. The van der Waals surface area contributed by atoms with Crippen LogP contribution in [0.1, 0.15) is 68.2 Å². The molecule has 0 saturated carbocycles. The second kappa shape index (κ2) is 6.78. The van der Waals surface area contributed by atoms with Crippen molar-refractivity contribution in [3.63, 3.8) is 0 Å². The molecule has 0 aliphatic rings. The van der Waals surface area contributed by atoms with Gasteiger partial charge in [0.1, 0.15) is 0 Å². The highest BCUT2D eigenvalue weighted by atomic mass is 16.5. The zero-order valence-corrected chi connectivity index (χ0v) is 13.4. The van der Waals surface area contributed by atoms with Gasteiger partial charge in [-0.1, -0.05) is 55.4 Å². The smallest absolute Gasteiger partial charge is 0.0517 e. The van der Waals surface area contributed by atoms with Gasteiger partial charge in [0.25, 0.3) is 0 Å². The van der Waals surface area contributed by atoms with E-state index in [0.29, 0.717) is 10.8 Å². The number of ether oxygens (including phenoxy) is 1. The van der Waals surface area contributed by atoms with E-state index in [1.54, 1.807) is 0 Å². The molecule has 0 unspecified atom stereocenters. The summed E-state index contributed by atoms with van der Waals surface area (Å²) < 4.78 is 5.96. The Morgan fingerprint density at radius 2 is 1.00 bits per heavy atom. The lowest BCUT2D eigenvalue weighted by Crippen LogP contribution is -2.27. The number of rotatable bonds is 8. The van der Waals surface area contributed by atoms with Crippen LogP contribution in [0.4, 0.5) is 0 Å². The van der Waals surface area contributed by atoms with Crippen LogP contribution in [0.2, 0.25) is 0 Å². The molecule has 0 aromatic rings. The Labute approximate surface area is 109 Å². The summed E-state index contributed by atoms with van der Waals surface area (Å²) in [5, 5.41) is 0. The lowest BCUT2D eigenvalue weighted by atomic mass is 9.83. The third-order valence-corrected chi connectivity index (χ3v) is 2.91. The summed E-state index contributed by atoms with van der Waals surface area (Å²) in [5.41, 5.74) is 0.615. The molecule has 0 bridgehead atoms. The fourth-order valence-corrected chi connectivity index (χ4v) is 2.93. The largest absolute Gasteiger partial charge is 0.380 e. The summed E-state index contributed by atoms with van der Waals surface area (Å²) >= 11 is 0. The van der Waals surface area contributed by atoms with E-state index < -0.39 is 0 Å². The van der Waals surface area contributed by atoms with E-state index >= 15 is 0 Å². The predicted molar refractivity (Wildman–Crippen MR) is 77.3 cm³/mol. The van der Waals surface area contributed by atoms with Gasteiger partial charge in [0.2, 0.25) is 0 Å². The van der Waals surface area contributed by atoms with Crippen molar-refractivity contribution in [2.75, 3.05) is 13.2 Å². The van der Waals surface area contributed by atoms with Crippen molar-refractivity contribution < 1.29 is 4.74 Å². The average molecular weight is 242 g/mol. The Morgan fingerprint density at radius 3 is 1.24 bits per heavy atom. The molecule has 0 aromatic heterocycles. The molecule has 0 heterocycles. The zero-order chi connectivity index (χ0) is 13.7. The second-order valence-electron chi connectivity index (χ2n) is 8.02. The topological polar surface area (TPSA) is 9.23 Å². The fraction of sp³-hybridized carbons (Fsp3) is 1.00. The van der Waals surface area contributed by atoms with Gasteiger partial charge in [-0.05, 0) is 35.5 Å². The molecule has 0 aromatic carbocycles. The van der Waals surface area contributed by atoms with Crippen LogP contribution in [0.15, 0.2) is 0 Å². The Morgan fingerprint density at radius 1 is 0.706 bits per heavy atom. The van der Waals surface area contributed by atoms with Crippen LogP contribution < -0.4 is 0 Å². The summed E-state index contributed by atoms with van der Waals surface area (Å²) in [6.07, 6.45) is 2.47. The van der Waals surface area contributed by atoms with Gasteiger partial charge in [0.05, 0.1) is 13.2 Å². The van der Waals surface area contributed by atoms with Gasteiger partial charge in [-0.25, -0.2) is 0 Å². The van der Waals surface area contributed by atoms with Crippen molar-refractivity contribution in [2.24, 2.45) is 22.7 Å². The van der Waals surface area contributed by atoms with Crippen molar-refractivity contribution in [1.82, 2.24) is 0 Å². The molecule has 0 spiro atoms. The van der Waals surface area contributed by atoms with Gasteiger partial charge >= 0.3 is 0 Å². The first kappa shape index (κ1) is 17.0. The monoisotopic (exact) mass is 242 g/mol. The van der Waals surface area contributed by atoms with Crippen LogP contribution in [0.5, 0.6) is 0 Å². The lowest BCUT2D eigenvalue weighted by Gasteiger charge is -2.31. The van der Waals surface area contributed by atoms with Gasteiger partial charge in [0.15, 0.2) is 0 Å². The van der Waals surface area contributed by atoms with Crippen molar-refractivity contribution >= 4 is 0 Å². The minimum atomic E-state index is 0.308. The first-order valence-electron chi connectivity index (χ1n) is 7.12. The Balaban J connectivity index is 3.97. The summed E-state index contributed by atoms with van der Waals surface area (Å²) in [6.45, 7) is 20.1. The van der Waals surface area contributed by atoms with Crippen molar-refractivity contribution in [2.45, 2.75) is 68.2 Å².